The van der Waals surface area contributed by atoms with E-state index in [1.807, 2.05) is 6.20 Å². The van der Waals surface area contributed by atoms with Gasteiger partial charge in [0.25, 0.3) is 0 Å². The Balaban J connectivity index is 1.43. The smallest absolute Gasteiger partial charge is 0.199 e. The number of ether oxygens (including phenoxy) is 1. The molecular formula is C24H27IN4O2S. The summed E-state index contributed by atoms with van der Waals surface area (Å²) in [5.74, 6) is 2.16. The summed E-state index contributed by atoms with van der Waals surface area (Å²) in [6.07, 6.45) is 3.85. The highest BCUT2D eigenvalue weighted by atomic mass is 127. The fourth-order valence-corrected chi connectivity index (χ4v) is 5.28. The van der Waals surface area contributed by atoms with Gasteiger partial charge >= 0.3 is 0 Å². The number of nitrogens with zero attached hydrogens (tertiary/aromatic N) is 4. The molecule has 2 fully saturated rings. The SMILES string of the molecule is CN1CCN(c2ccc(-c3nc(C4CCOCC4)oc3Sc3ccc(I)cc3)cn2)CC1. The second-order valence-electron chi connectivity index (χ2n) is 8.33. The average molecular weight is 562 g/mol. The van der Waals surface area contributed by atoms with Gasteiger partial charge in [0.1, 0.15) is 11.5 Å². The molecule has 0 amide bonds. The lowest BCUT2D eigenvalue weighted by atomic mass is 10.0. The monoisotopic (exact) mass is 562 g/mol. The first-order valence-electron chi connectivity index (χ1n) is 11.1. The Bertz CT molecular complexity index is 1030. The highest BCUT2D eigenvalue weighted by Crippen LogP contribution is 2.40. The van der Waals surface area contributed by atoms with Crippen molar-refractivity contribution in [3.05, 3.63) is 52.1 Å². The molecule has 2 aliphatic rings. The molecule has 1 aromatic carbocycles. The number of rotatable bonds is 5. The maximum absolute atomic E-state index is 6.35. The molecule has 0 bridgehead atoms. The van der Waals surface area contributed by atoms with Crippen LogP contribution in [-0.2, 0) is 4.74 Å². The maximum Gasteiger partial charge on any atom is 0.199 e. The van der Waals surface area contributed by atoms with Crippen molar-refractivity contribution in [1.29, 1.82) is 0 Å². The third kappa shape index (κ3) is 5.13. The van der Waals surface area contributed by atoms with E-state index in [1.54, 1.807) is 11.8 Å². The number of benzene rings is 1. The van der Waals surface area contributed by atoms with E-state index < -0.39 is 0 Å². The van der Waals surface area contributed by atoms with Gasteiger partial charge in [-0.15, -0.1) is 0 Å². The van der Waals surface area contributed by atoms with Crippen LogP contribution in [-0.4, -0.2) is 61.3 Å². The highest BCUT2D eigenvalue weighted by molar-refractivity contribution is 14.1. The third-order valence-electron chi connectivity index (χ3n) is 6.06. The van der Waals surface area contributed by atoms with Crippen LogP contribution >= 0.6 is 34.4 Å². The molecule has 5 rings (SSSR count). The molecule has 0 atom stereocenters. The predicted molar refractivity (Wildman–Crippen MR) is 136 cm³/mol. The average Bonchev–Trinajstić information content (AvgIpc) is 3.25. The Hall–Kier alpha value is -1.62. The molecule has 0 spiro atoms. The molecule has 0 aliphatic carbocycles. The Morgan fingerprint density at radius 3 is 2.44 bits per heavy atom. The number of piperazine rings is 1. The minimum Gasteiger partial charge on any atom is -0.433 e. The topological polar surface area (TPSA) is 54.6 Å². The fraction of sp³-hybridized carbons (Fsp3) is 0.417. The van der Waals surface area contributed by atoms with Crippen LogP contribution in [0.1, 0.15) is 24.7 Å². The van der Waals surface area contributed by atoms with Crippen LogP contribution in [0.5, 0.6) is 0 Å². The zero-order valence-electron chi connectivity index (χ0n) is 18.2. The van der Waals surface area contributed by atoms with Crippen LogP contribution in [0.15, 0.2) is 57.0 Å². The Morgan fingerprint density at radius 2 is 1.75 bits per heavy atom. The van der Waals surface area contributed by atoms with Crippen molar-refractivity contribution >= 4 is 40.2 Å². The van der Waals surface area contributed by atoms with Crippen LogP contribution in [0.3, 0.4) is 0 Å². The van der Waals surface area contributed by atoms with Crippen LogP contribution in [0.25, 0.3) is 11.3 Å². The van der Waals surface area contributed by atoms with E-state index in [4.69, 9.17) is 19.1 Å². The summed E-state index contributed by atoms with van der Waals surface area (Å²) in [5, 5.41) is 0.835. The molecule has 6 nitrogen and oxygen atoms in total. The molecule has 3 aromatic rings. The van der Waals surface area contributed by atoms with E-state index in [9.17, 15) is 0 Å². The minimum atomic E-state index is 0.311. The van der Waals surface area contributed by atoms with Gasteiger partial charge in [-0.2, -0.15) is 0 Å². The van der Waals surface area contributed by atoms with E-state index >= 15 is 0 Å². The number of oxazole rings is 1. The molecule has 0 unspecified atom stereocenters. The van der Waals surface area contributed by atoms with Crippen LogP contribution < -0.4 is 4.90 Å². The van der Waals surface area contributed by atoms with Gasteiger partial charge in [0.05, 0.1) is 0 Å². The molecule has 2 aromatic heterocycles. The summed E-state index contributed by atoms with van der Waals surface area (Å²) in [6, 6.07) is 12.7. The van der Waals surface area contributed by atoms with Gasteiger partial charge in [-0.3, -0.25) is 0 Å². The second kappa shape index (κ2) is 10.1. The van der Waals surface area contributed by atoms with Gasteiger partial charge in [-0.1, -0.05) is 0 Å². The standard InChI is InChI=1S/C24H27IN4O2S/c1-28-10-12-29(13-11-28)21-7-2-18(16-26-21)22-24(32-20-5-3-19(25)4-6-20)31-23(27-22)17-8-14-30-15-9-17/h2-7,16-17H,8-15H2,1H3. The number of hydrogen-bond donors (Lipinski definition) is 0. The summed E-state index contributed by atoms with van der Waals surface area (Å²) < 4.78 is 13.1. The highest BCUT2D eigenvalue weighted by Gasteiger charge is 2.25. The number of halogens is 1. The lowest BCUT2D eigenvalue weighted by Crippen LogP contribution is -2.44. The third-order valence-corrected chi connectivity index (χ3v) is 7.75. The lowest BCUT2D eigenvalue weighted by molar-refractivity contribution is 0.0786. The summed E-state index contributed by atoms with van der Waals surface area (Å²) in [7, 11) is 2.17. The van der Waals surface area contributed by atoms with Gasteiger partial charge < -0.3 is 19.0 Å². The number of anilines is 1. The van der Waals surface area contributed by atoms with Gasteiger partial charge in [-0.25, -0.2) is 9.97 Å². The Labute approximate surface area is 206 Å². The van der Waals surface area contributed by atoms with E-state index in [0.717, 1.165) is 85.2 Å². The first-order valence-corrected chi connectivity index (χ1v) is 13.0. The largest absolute Gasteiger partial charge is 0.433 e. The fourth-order valence-electron chi connectivity index (χ4n) is 4.05. The summed E-state index contributed by atoms with van der Waals surface area (Å²) in [6.45, 7) is 5.69. The molecule has 32 heavy (non-hydrogen) atoms. The second-order valence-corrected chi connectivity index (χ2v) is 10.6. The van der Waals surface area contributed by atoms with E-state index in [1.165, 1.54) is 3.57 Å². The molecule has 8 heteroatoms. The van der Waals surface area contributed by atoms with Crippen molar-refractivity contribution in [3.8, 4) is 11.3 Å². The molecule has 0 N–H and O–H groups in total. The zero-order chi connectivity index (χ0) is 21.9. The molecule has 2 aliphatic heterocycles. The van der Waals surface area contributed by atoms with E-state index in [-0.39, 0.29) is 0 Å². The number of likely N-dealkylation sites (N-methyl/N-ethyl adjacent to an activating group) is 1. The normalized spacial score (nSPS) is 18.2. The van der Waals surface area contributed by atoms with Crippen molar-refractivity contribution in [2.75, 3.05) is 51.3 Å². The molecule has 168 valence electrons. The maximum atomic E-state index is 6.35. The van der Waals surface area contributed by atoms with E-state index in [0.29, 0.717) is 5.92 Å². The van der Waals surface area contributed by atoms with Crippen LogP contribution in [0, 0.1) is 3.57 Å². The lowest BCUT2D eigenvalue weighted by Gasteiger charge is -2.33. The van der Waals surface area contributed by atoms with Crippen molar-refractivity contribution in [3.63, 3.8) is 0 Å². The number of pyridine rings is 1. The van der Waals surface area contributed by atoms with Crippen LogP contribution in [0.2, 0.25) is 0 Å². The number of aromatic nitrogens is 2. The van der Waals surface area contributed by atoms with Gasteiger partial charge in [0.2, 0.25) is 0 Å². The Kier molecular flexibility index (Phi) is 7.01. The van der Waals surface area contributed by atoms with Crippen molar-refractivity contribution in [1.82, 2.24) is 14.9 Å². The van der Waals surface area contributed by atoms with Crippen LogP contribution in [0.4, 0.5) is 5.82 Å². The van der Waals surface area contributed by atoms with Crippen molar-refractivity contribution in [2.24, 2.45) is 0 Å². The predicted octanol–water partition coefficient (Wildman–Crippen LogP) is 5.14. The van der Waals surface area contributed by atoms with E-state index in [2.05, 4.69) is 75.8 Å². The zero-order valence-corrected chi connectivity index (χ0v) is 21.1. The molecular weight excluding hydrogens is 535 g/mol. The van der Waals surface area contributed by atoms with Gasteiger partial charge in [-0.05, 0) is 90.6 Å². The quantitative estimate of drug-likeness (QED) is 0.400. The molecule has 2 saturated heterocycles. The van der Waals surface area contributed by atoms with Crippen molar-refractivity contribution in [2.45, 2.75) is 28.7 Å². The first kappa shape index (κ1) is 22.2. The summed E-state index contributed by atoms with van der Waals surface area (Å²) in [5.41, 5.74) is 1.88. The summed E-state index contributed by atoms with van der Waals surface area (Å²) in [4.78, 5) is 15.6. The first-order chi connectivity index (χ1) is 15.7. The van der Waals surface area contributed by atoms with Gasteiger partial charge in [0.15, 0.2) is 11.0 Å². The summed E-state index contributed by atoms with van der Waals surface area (Å²) >= 11 is 3.96. The molecule has 0 saturated carbocycles. The molecule has 4 heterocycles. The number of hydrogen-bond acceptors (Lipinski definition) is 7. The minimum absolute atomic E-state index is 0.311. The van der Waals surface area contributed by atoms with Gasteiger partial charge in [0, 0.05) is 65.5 Å². The molecule has 0 radical (unpaired) electrons. The Morgan fingerprint density at radius 1 is 1.00 bits per heavy atom. The van der Waals surface area contributed by atoms with Crippen molar-refractivity contribution < 1.29 is 9.15 Å².